The van der Waals surface area contributed by atoms with Crippen LogP contribution < -0.4 is 27.0 Å². The van der Waals surface area contributed by atoms with E-state index in [4.69, 9.17) is 85.0 Å². The van der Waals surface area contributed by atoms with Crippen LogP contribution in [0.4, 0.5) is 5.69 Å². The zero-order valence-corrected chi connectivity index (χ0v) is 32.9. The number of anilines is 1. The van der Waals surface area contributed by atoms with Crippen molar-refractivity contribution in [3.63, 3.8) is 0 Å². The predicted octanol–water partition coefficient (Wildman–Crippen LogP) is 4.27. The molecule has 0 spiro atoms. The van der Waals surface area contributed by atoms with Crippen molar-refractivity contribution in [1.82, 2.24) is 24.6 Å². The van der Waals surface area contributed by atoms with Crippen LogP contribution in [0, 0.1) is 0 Å². The van der Waals surface area contributed by atoms with E-state index in [1.54, 1.807) is 4.67 Å². The minimum absolute atomic E-state index is 0.320. The number of aromatic amines is 2. The summed E-state index contributed by atoms with van der Waals surface area (Å²) in [4.78, 5) is 39.5. The minimum atomic E-state index is -2.84. The van der Waals surface area contributed by atoms with Crippen molar-refractivity contribution in [3.05, 3.63) is 62.9 Å². The lowest BCUT2D eigenvalue weighted by Crippen LogP contribution is -2.35. The van der Waals surface area contributed by atoms with E-state index in [0.29, 0.717) is 61.4 Å². The van der Waals surface area contributed by atoms with Gasteiger partial charge in [0.1, 0.15) is 6.04 Å². The molecule has 1 aromatic carbocycles. The molecule has 1 aliphatic heterocycles. The third-order valence-corrected chi connectivity index (χ3v) is 9.67. The SMILES string of the molecule is CN(CCCl)CCCl.N[C@@H](Cc1ccc(N(CCCl)CCCl)cc1)C(=O)O.O=P1(N(CCCl)CCCl)NCCCO1.O=c1cc[nH]c(=O)[nH]1. The molecular weight excluding hydrogens is 786 g/mol. The second-order valence-electron chi connectivity index (χ2n) is 10.1. The fourth-order valence-corrected chi connectivity index (χ4v) is 7.45. The van der Waals surface area contributed by atoms with Gasteiger partial charge in [-0.1, -0.05) is 12.1 Å². The molecule has 282 valence electrons. The van der Waals surface area contributed by atoms with Gasteiger partial charge in [0.2, 0.25) is 0 Å². The van der Waals surface area contributed by atoms with Crippen LogP contribution in [0.3, 0.4) is 0 Å². The summed E-state index contributed by atoms with van der Waals surface area (Å²) >= 11 is 33.6. The van der Waals surface area contributed by atoms with Crippen molar-refractivity contribution >= 4 is 88.9 Å². The molecule has 0 radical (unpaired) electrons. The molecule has 6 N–H and O–H groups in total. The van der Waals surface area contributed by atoms with E-state index >= 15 is 0 Å². The number of hydrogen-bond acceptors (Lipinski definition) is 8. The Morgan fingerprint density at radius 3 is 1.82 bits per heavy atom. The summed E-state index contributed by atoms with van der Waals surface area (Å²) in [5.41, 5.74) is 6.56. The molecule has 0 amide bonds. The van der Waals surface area contributed by atoms with E-state index in [1.807, 2.05) is 36.3 Å². The monoisotopic (exact) mass is 831 g/mol. The van der Waals surface area contributed by atoms with Crippen LogP contribution in [-0.2, 0) is 20.3 Å². The van der Waals surface area contributed by atoms with E-state index in [-0.39, 0.29) is 5.56 Å². The first-order valence-corrected chi connectivity index (χ1v) is 20.1. The maximum absolute atomic E-state index is 12.2. The first-order valence-electron chi connectivity index (χ1n) is 15.3. The van der Waals surface area contributed by atoms with Gasteiger partial charge in [0, 0.05) is 99.0 Å². The molecule has 1 fully saturated rings. The number of nitrogens with zero attached hydrogens (tertiary/aromatic N) is 3. The average Bonchev–Trinajstić information content (AvgIpc) is 3.06. The summed E-state index contributed by atoms with van der Waals surface area (Å²) in [6.07, 6.45) is 2.50. The summed E-state index contributed by atoms with van der Waals surface area (Å²) in [6, 6.07) is 8.00. The van der Waals surface area contributed by atoms with Crippen LogP contribution in [0.25, 0.3) is 0 Å². The van der Waals surface area contributed by atoms with E-state index in [9.17, 15) is 18.9 Å². The quantitative estimate of drug-likeness (QED) is 0.114. The fourth-order valence-electron chi connectivity index (χ4n) is 3.82. The molecule has 3 rings (SSSR count). The minimum Gasteiger partial charge on any atom is -0.480 e. The lowest BCUT2D eigenvalue weighted by atomic mass is 10.1. The summed E-state index contributed by atoms with van der Waals surface area (Å²) in [5.74, 6) is 2.29. The Bertz CT molecular complexity index is 1240. The number of aliphatic carboxylic acids is 1. The number of nitrogens with one attached hydrogen (secondary N) is 3. The zero-order valence-electron chi connectivity index (χ0n) is 27.5. The third-order valence-electron chi connectivity index (χ3n) is 6.36. The Balaban J connectivity index is 0.000000672. The molecule has 0 saturated carbocycles. The highest BCUT2D eigenvalue weighted by molar-refractivity contribution is 7.54. The second-order valence-corrected chi connectivity index (χ2v) is 14.6. The molecule has 1 aliphatic rings. The number of aromatic nitrogens is 2. The van der Waals surface area contributed by atoms with Gasteiger partial charge in [0.15, 0.2) is 0 Å². The van der Waals surface area contributed by atoms with E-state index in [1.165, 1.54) is 12.3 Å². The standard InChI is InChI=1S/C13H18Cl2N2O2.C7H15Cl2N2O2P.C5H11Cl2N.C4H4N2O2/c14-5-7-17(8-6-15)11-3-1-10(2-4-11)9-12(16)13(18)19;8-2-5-11(6-3-9)14(12)10-4-1-7-13-14;1-8(4-2-6)5-3-7;7-3-1-2-5-4(8)6-3/h1-4,12H,5-9,16H2,(H,18,19);1-7H2,(H,10,12);2-5H2,1H3;1-2H,(H2,5,6,7,8)/t12-;;;/m0.../s1. The highest BCUT2D eigenvalue weighted by Gasteiger charge is 2.32. The first-order chi connectivity index (χ1) is 23.4. The summed E-state index contributed by atoms with van der Waals surface area (Å²) < 4.78 is 19.2. The van der Waals surface area contributed by atoms with Crippen molar-refractivity contribution in [1.29, 1.82) is 0 Å². The number of hydrogen-bond donors (Lipinski definition) is 5. The zero-order chi connectivity index (χ0) is 37.1. The molecule has 13 nitrogen and oxygen atoms in total. The number of alkyl halides is 6. The molecule has 1 aromatic heterocycles. The van der Waals surface area contributed by atoms with Crippen molar-refractivity contribution in [2.45, 2.75) is 18.9 Å². The highest BCUT2D eigenvalue weighted by Crippen LogP contribution is 2.48. The van der Waals surface area contributed by atoms with Gasteiger partial charge in [-0.15, -0.1) is 69.6 Å². The molecule has 0 bridgehead atoms. The molecule has 49 heavy (non-hydrogen) atoms. The maximum atomic E-state index is 12.2. The van der Waals surface area contributed by atoms with Gasteiger partial charge >= 0.3 is 19.3 Å². The van der Waals surface area contributed by atoms with Gasteiger partial charge in [0.25, 0.3) is 5.56 Å². The maximum Gasteiger partial charge on any atom is 0.343 e. The largest absolute Gasteiger partial charge is 0.480 e. The fraction of sp³-hybridized carbons (Fsp3) is 0.621. The number of carbonyl (C=O) groups is 1. The number of H-pyrrole nitrogens is 2. The van der Waals surface area contributed by atoms with Crippen molar-refractivity contribution in [2.24, 2.45) is 5.73 Å². The molecule has 20 heteroatoms. The number of benzene rings is 1. The predicted molar refractivity (Wildman–Crippen MR) is 205 cm³/mol. The number of carboxylic acids is 1. The Kier molecular flexibility index (Phi) is 28.9. The normalized spacial score (nSPS) is 16.0. The number of carboxylic acid groups (broad SMARTS) is 1. The molecule has 0 aliphatic carbocycles. The van der Waals surface area contributed by atoms with Gasteiger partial charge in [-0.25, -0.2) is 14.6 Å². The Hall–Kier alpha value is -1.06. The molecule has 2 heterocycles. The topological polar surface area (TPSA) is 177 Å². The van der Waals surface area contributed by atoms with E-state index in [0.717, 1.165) is 50.4 Å². The summed E-state index contributed by atoms with van der Waals surface area (Å²) in [7, 11) is -0.837. The third kappa shape index (κ3) is 22.5. The van der Waals surface area contributed by atoms with Gasteiger partial charge in [-0.3, -0.25) is 19.1 Å². The Morgan fingerprint density at radius 2 is 1.43 bits per heavy atom. The van der Waals surface area contributed by atoms with Crippen LogP contribution in [0.15, 0.2) is 46.1 Å². The van der Waals surface area contributed by atoms with Crippen LogP contribution in [0.5, 0.6) is 0 Å². The molecule has 1 unspecified atom stereocenters. The van der Waals surface area contributed by atoms with Crippen molar-refractivity contribution < 1.29 is 19.0 Å². The van der Waals surface area contributed by atoms with Crippen LogP contribution in [0.2, 0.25) is 0 Å². The number of rotatable bonds is 17. The molecular formula is C29H48Cl6N7O6P. The van der Waals surface area contributed by atoms with E-state index in [2.05, 4.69) is 19.9 Å². The summed E-state index contributed by atoms with van der Waals surface area (Å²) in [5, 5.41) is 11.7. The van der Waals surface area contributed by atoms with Gasteiger partial charge in [-0.05, 0) is 37.6 Å². The Labute approximate surface area is 318 Å². The van der Waals surface area contributed by atoms with Crippen LogP contribution >= 0.6 is 77.3 Å². The van der Waals surface area contributed by atoms with Crippen molar-refractivity contribution in [2.75, 3.05) is 99.6 Å². The number of nitrogens with two attached hydrogens (primary N) is 1. The number of halogens is 6. The lowest BCUT2D eigenvalue weighted by Gasteiger charge is -2.33. The van der Waals surface area contributed by atoms with Crippen LogP contribution in [0.1, 0.15) is 12.0 Å². The Morgan fingerprint density at radius 1 is 0.898 bits per heavy atom. The van der Waals surface area contributed by atoms with Crippen molar-refractivity contribution in [3.8, 4) is 0 Å². The van der Waals surface area contributed by atoms with Gasteiger partial charge in [0.05, 0.1) is 6.61 Å². The molecule has 2 atom stereocenters. The van der Waals surface area contributed by atoms with Gasteiger partial charge < -0.3 is 30.1 Å². The smallest absolute Gasteiger partial charge is 0.343 e. The second kappa shape index (κ2) is 29.5. The summed E-state index contributed by atoms with van der Waals surface area (Å²) in [6.45, 7) is 5.61. The first kappa shape index (κ1) is 47.9. The highest BCUT2D eigenvalue weighted by atomic mass is 35.5. The molecule has 1 saturated heterocycles. The average molecular weight is 834 g/mol. The lowest BCUT2D eigenvalue weighted by molar-refractivity contribution is -0.138. The van der Waals surface area contributed by atoms with Crippen LogP contribution in [-0.4, -0.2) is 131 Å². The van der Waals surface area contributed by atoms with Gasteiger partial charge in [-0.2, -0.15) is 0 Å². The molecule has 2 aromatic rings. The van der Waals surface area contributed by atoms with E-state index < -0.39 is 25.4 Å².